The second-order valence-electron chi connectivity index (χ2n) is 7.46. The smallest absolute Gasteiger partial charge is 0.274 e. The first-order chi connectivity index (χ1) is 15.6. The molecule has 6 nitrogen and oxygen atoms in total. The van der Waals surface area contributed by atoms with Gasteiger partial charge in [-0.25, -0.2) is 5.01 Å². The molecule has 0 aliphatic carbocycles. The molecule has 7 heteroatoms. The van der Waals surface area contributed by atoms with Crippen LogP contribution >= 0.6 is 11.6 Å². The molecule has 2 heterocycles. The Labute approximate surface area is 190 Å². The van der Waals surface area contributed by atoms with Crippen LogP contribution in [-0.2, 0) is 0 Å². The number of carbonyl (C=O) groups is 1. The highest BCUT2D eigenvalue weighted by molar-refractivity contribution is 6.30. The molecule has 3 aromatic carbocycles. The van der Waals surface area contributed by atoms with Gasteiger partial charge in [-0.05, 0) is 65.7 Å². The van der Waals surface area contributed by atoms with Crippen LogP contribution in [0.4, 0.5) is 0 Å². The van der Waals surface area contributed by atoms with Gasteiger partial charge in [-0.1, -0.05) is 23.7 Å². The first-order valence-corrected chi connectivity index (χ1v) is 10.5. The molecule has 32 heavy (non-hydrogen) atoms. The van der Waals surface area contributed by atoms with Gasteiger partial charge in [-0.3, -0.25) is 14.8 Å². The van der Waals surface area contributed by atoms with E-state index < -0.39 is 0 Å². The van der Waals surface area contributed by atoms with Crippen LogP contribution in [0, 0.1) is 0 Å². The Morgan fingerprint density at radius 1 is 0.969 bits per heavy atom. The molecule has 1 amide bonds. The number of ether oxygens (including phenoxy) is 1. The van der Waals surface area contributed by atoms with E-state index >= 15 is 0 Å². The number of carbonyl (C=O) groups excluding carboxylic acids is 1. The number of nitrogens with zero attached hydrogens (tertiary/aromatic N) is 4. The Kier molecular flexibility index (Phi) is 5.29. The number of aromatic nitrogens is 2. The maximum atomic E-state index is 13.5. The summed E-state index contributed by atoms with van der Waals surface area (Å²) < 4.78 is 5.26. The summed E-state index contributed by atoms with van der Waals surface area (Å²) >= 11 is 6.09. The summed E-state index contributed by atoms with van der Waals surface area (Å²) in [5.74, 6) is 0.577. The maximum Gasteiger partial charge on any atom is 0.274 e. The molecule has 1 unspecified atom stereocenters. The van der Waals surface area contributed by atoms with E-state index in [0.29, 0.717) is 22.5 Å². The molecule has 0 radical (unpaired) electrons. The van der Waals surface area contributed by atoms with Crippen molar-refractivity contribution in [2.45, 2.75) is 12.5 Å². The summed E-state index contributed by atoms with van der Waals surface area (Å²) in [5.41, 5.74) is 4.67. The minimum absolute atomic E-state index is 0.194. The van der Waals surface area contributed by atoms with Crippen LogP contribution in [0.3, 0.4) is 0 Å². The zero-order valence-electron chi connectivity index (χ0n) is 17.3. The van der Waals surface area contributed by atoms with Crippen molar-refractivity contribution in [3.8, 4) is 5.75 Å². The van der Waals surface area contributed by atoms with Crippen LogP contribution < -0.4 is 4.74 Å². The van der Waals surface area contributed by atoms with Crippen molar-refractivity contribution in [2.24, 2.45) is 5.10 Å². The normalized spacial score (nSPS) is 15.6. The summed E-state index contributed by atoms with van der Waals surface area (Å²) in [6.07, 6.45) is 3.84. The Balaban J connectivity index is 1.54. The number of halogens is 1. The Bertz CT molecular complexity index is 1320. The van der Waals surface area contributed by atoms with E-state index in [1.54, 1.807) is 42.7 Å². The fourth-order valence-electron chi connectivity index (χ4n) is 3.83. The number of methoxy groups -OCH3 is 1. The molecule has 5 rings (SSSR count). The standard InChI is InChI=1S/C25H19ClN4O2/c1-32-20-9-4-16(5-10-20)22-15-24(17-2-7-19(26)8-3-17)30(29-22)25(31)18-6-11-21-23(14-18)28-13-12-27-21/h2-14,24H,15H2,1H3. The molecular weight excluding hydrogens is 424 g/mol. The van der Waals surface area contributed by atoms with Crippen LogP contribution in [-0.4, -0.2) is 33.7 Å². The Morgan fingerprint density at radius 3 is 2.41 bits per heavy atom. The summed E-state index contributed by atoms with van der Waals surface area (Å²) in [6, 6.07) is 20.3. The van der Waals surface area contributed by atoms with Gasteiger partial charge in [0.25, 0.3) is 5.91 Å². The van der Waals surface area contributed by atoms with Crippen LogP contribution in [0.15, 0.2) is 84.2 Å². The molecule has 1 aliphatic heterocycles. The molecule has 0 saturated heterocycles. The number of fused-ring (bicyclic) bond motifs is 1. The third-order valence-corrected chi connectivity index (χ3v) is 5.76. The predicted molar refractivity (Wildman–Crippen MR) is 124 cm³/mol. The van der Waals surface area contributed by atoms with Gasteiger partial charge in [-0.2, -0.15) is 5.10 Å². The summed E-state index contributed by atoms with van der Waals surface area (Å²) in [5, 5.41) is 6.94. The number of hydrogen-bond acceptors (Lipinski definition) is 5. The lowest BCUT2D eigenvalue weighted by Gasteiger charge is -2.22. The second kappa shape index (κ2) is 8.40. The molecule has 0 fully saturated rings. The minimum atomic E-state index is -0.241. The zero-order chi connectivity index (χ0) is 22.1. The van der Waals surface area contributed by atoms with Crippen LogP contribution in [0.2, 0.25) is 5.02 Å². The molecule has 0 saturated carbocycles. The monoisotopic (exact) mass is 442 g/mol. The van der Waals surface area contributed by atoms with Crippen LogP contribution in [0.25, 0.3) is 11.0 Å². The van der Waals surface area contributed by atoms with Crippen molar-refractivity contribution in [2.75, 3.05) is 7.11 Å². The second-order valence-corrected chi connectivity index (χ2v) is 7.89. The predicted octanol–water partition coefficient (Wildman–Crippen LogP) is 5.28. The number of hydrazone groups is 1. The van der Waals surface area contributed by atoms with Crippen molar-refractivity contribution in [3.05, 3.63) is 101 Å². The van der Waals surface area contributed by atoms with E-state index in [1.165, 1.54) is 0 Å². The third kappa shape index (κ3) is 3.81. The van der Waals surface area contributed by atoms with Crippen LogP contribution in [0.5, 0.6) is 5.75 Å². The fourth-order valence-corrected chi connectivity index (χ4v) is 3.95. The molecule has 0 bridgehead atoms. The molecule has 1 aliphatic rings. The topological polar surface area (TPSA) is 67.7 Å². The highest BCUT2D eigenvalue weighted by Gasteiger charge is 2.33. The van der Waals surface area contributed by atoms with Gasteiger partial charge in [0, 0.05) is 29.4 Å². The molecule has 0 spiro atoms. The summed E-state index contributed by atoms with van der Waals surface area (Å²) in [6.45, 7) is 0. The summed E-state index contributed by atoms with van der Waals surface area (Å²) in [7, 11) is 1.63. The maximum absolute atomic E-state index is 13.5. The van der Waals surface area contributed by atoms with Crippen LogP contribution in [0.1, 0.15) is 33.9 Å². The van der Waals surface area contributed by atoms with Gasteiger partial charge < -0.3 is 4.74 Å². The third-order valence-electron chi connectivity index (χ3n) is 5.51. The van der Waals surface area contributed by atoms with E-state index in [9.17, 15) is 4.79 Å². The average molecular weight is 443 g/mol. The van der Waals surface area contributed by atoms with E-state index in [1.807, 2.05) is 48.5 Å². The quantitative estimate of drug-likeness (QED) is 0.431. The van der Waals surface area contributed by atoms with Gasteiger partial charge in [0.05, 0.1) is 29.9 Å². The first kappa shape index (κ1) is 20.2. The van der Waals surface area contributed by atoms with E-state index in [2.05, 4.69) is 9.97 Å². The first-order valence-electron chi connectivity index (χ1n) is 10.1. The van der Waals surface area contributed by atoms with Crippen molar-refractivity contribution in [1.82, 2.24) is 15.0 Å². The fraction of sp³-hybridized carbons (Fsp3) is 0.120. The Hall–Kier alpha value is -3.77. The lowest BCUT2D eigenvalue weighted by Crippen LogP contribution is -2.27. The number of amides is 1. The van der Waals surface area contributed by atoms with E-state index in [-0.39, 0.29) is 11.9 Å². The number of rotatable bonds is 4. The minimum Gasteiger partial charge on any atom is -0.497 e. The molecule has 1 atom stereocenters. The highest BCUT2D eigenvalue weighted by atomic mass is 35.5. The van der Waals surface area contributed by atoms with Gasteiger partial charge in [0.2, 0.25) is 0 Å². The molecule has 4 aromatic rings. The van der Waals surface area contributed by atoms with Crippen molar-refractivity contribution >= 4 is 34.3 Å². The van der Waals surface area contributed by atoms with Gasteiger partial charge >= 0.3 is 0 Å². The molecule has 1 aromatic heterocycles. The number of hydrogen-bond donors (Lipinski definition) is 0. The van der Waals surface area contributed by atoms with Crippen molar-refractivity contribution in [1.29, 1.82) is 0 Å². The van der Waals surface area contributed by atoms with Gasteiger partial charge in [0.15, 0.2) is 0 Å². The average Bonchev–Trinajstić information content (AvgIpc) is 3.29. The lowest BCUT2D eigenvalue weighted by atomic mass is 9.98. The van der Waals surface area contributed by atoms with E-state index in [0.717, 1.165) is 28.1 Å². The van der Waals surface area contributed by atoms with Gasteiger partial charge in [-0.15, -0.1) is 0 Å². The zero-order valence-corrected chi connectivity index (χ0v) is 18.0. The molecular formula is C25H19ClN4O2. The number of benzene rings is 3. The highest BCUT2D eigenvalue weighted by Crippen LogP contribution is 2.35. The van der Waals surface area contributed by atoms with Crippen molar-refractivity contribution in [3.63, 3.8) is 0 Å². The van der Waals surface area contributed by atoms with Gasteiger partial charge in [0.1, 0.15) is 5.75 Å². The SMILES string of the molecule is COc1ccc(C2=NN(C(=O)c3ccc4nccnc4c3)C(c3ccc(Cl)cc3)C2)cc1. The van der Waals surface area contributed by atoms with E-state index in [4.69, 9.17) is 21.4 Å². The Morgan fingerprint density at radius 2 is 1.69 bits per heavy atom. The summed E-state index contributed by atoms with van der Waals surface area (Å²) in [4.78, 5) is 22.1. The molecule has 0 N–H and O–H groups in total. The van der Waals surface area contributed by atoms with Crippen molar-refractivity contribution < 1.29 is 9.53 Å². The largest absolute Gasteiger partial charge is 0.497 e. The molecule has 158 valence electrons. The lowest BCUT2D eigenvalue weighted by molar-refractivity contribution is 0.0711.